The molecule has 0 spiro atoms. The molecule has 0 aliphatic heterocycles. The first kappa shape index (κ1) is 22.5. The fourth-order valence-electron chi connectivity index (χ4n) is 0. The maximum absolute atomic E-state index is 8.25. The molecule has 0 unspecified atom stereocenters. The molecule has 0 aromatic carbocycles. The first-order valence-electron chi connectivity index (χ1n) is 0.548. The van der Waals surface area contributed by atoms with Crippen LogP contribution in [0.25, 0.3) is 0 Å². The normalized spacial score (nSPS) is 3.43. The van der Waals surface area contributed by atoms with Crippen LogP contribution in [0.5, 0.6) is 0 Å². The molecule has 0 rings (SSSR count). The average Bonchev–Trinajstić information content (AvgIpc) is 0.811. The first-order valence-corrected chi connectivity index (χ1v) is 0.548. The molecule has 0 aliphatic carbocycles. The van der Waals surface area contributed by atoms with E-state index in [1.165, 1.54) is 0 Å². The van der Waals surface area contributed by atoms with Crippen molar-refractivity contribution < 1.29 is 125 Å². The van der Waals surface area contributed by atoms with Gasteiger partial charge in [-0.3, -0.25) is 0 Å². The summed E-state index contributed by atoms with van der Waals surface area (Å²) < 4.78 is 0. The molecule has 0 amide bonds. The number of nitrogens with zero attached hydrogens (tertiary/aromatic N) is 1. The van der Waals surface area contributed by atoms with Crippen molar-refractivity contribution in [2.75, 3.05) is 0 Å². The zero-order valence-corrected chi connectivity index (χ0v) is 11.9. The SMILES string of the molecule is O=[N+]([O-])[O-].[Br-].[K+].[K+]. The summed E-state index contributed by atoms with van der Waals surface area (Å²) in [6.07, 6.45) is 0. The zero-order chi connectivity index (χ0) is 3.58. The molecule has 32 valence electrons. The minimum absolute atomic E-state index is 0. The monoisotopic (exact) mass is 219 g/mol. The smallest absolute Gasteiger partial charge is 1.00 e. The minimum atomic E-state index is -1.75. The summed E-state index contributed by atoms with van der Waals surface area (Å²) in [5.41, 5.74) is 0. The summed E-state index contributed by atoms with van der Waals surface area (Å²) >= 11 is 0. The third-order valence-electron chi connectivity index (χ3n) is 0. The fourth-order valence-corrected chi connectivity index (χ4v) is 0. The van der Waals surface area contributed by atoms with E-state index >= 15 is 0 Å². The second-order valence-corrected chi connectivity index (χ2v) is 0.224. The van der Waals surface area contributed by atoms with Gasteiger partial charge >= 0.3 is 103 Å². The van der Waals surface area contributed by atoms with E-state index in [0.29, 0.717) is 0 Å². The van der Waals surface area contributed by atoms with E-state index in [9.17, 15) is 0 Å². The summed E-state index contributed by atoms with van der Waals surface area (Å²) in [5.74, 6) is 0. The van der Waals surface area contributed by atoms with E-state index in [4.69, 9.17) is 15.3 Å². The number of hydrogen-bond donors (Lipinski definition) is 0. The third-order valence-corrected chi connectivity index (χ3v) is 0. The standard InChI is InChI=1S/BrH.2K.NO3/c;;;2-1(3)4/h1H;;;/q;2*+1;-1/p-1. The van der Waals surface area contributed by atoms with E-state index in [1.54, 1.807) is 0 Å². The molecular formula is BrK2NO3. The minimum Gasteiger partial charge on any atom is -1.00 e. The van der Waals surface area contributed by atoms with E-state index in [1.807, 2.05) is 0 Å². The van der Waals surface area contributed by atoms with Gasteiger partial charge in [-0.2, -0.15) is 0 Å². The Balaban J connectivity index is -0.0000000150. The van der Waals surface area contributed by atoms with Crippen LogP contribution in [0, 0.1) is 15.3 Å². The Hall–Kier alpha value is 2.95. The molecule has 0 bridgehead atoms. The molecule has 7 heavy (non-hydrogen) atoms. The van der Waals surface area contributed by atoms with Gasteiger partial charge < -0.3 is 32.3 Å². The molecular weight excluding hydrogens is 220 g/mol. The molecule has 0 radical (unpaired) electrons. The topological polar surface area (TPSA) is 66.2 Å². The Morgan fingerprint density at radius 1 is 1.14 bits per heavy atom. The van der Waals surface area contributed by atoms with Crippen molar-refractivity contribution in [3.63, 3.8) is 0 Å². The molecule has 0 fully saturated rings. The molecule has 0 aromatic heterocycles. The maximum Gasteiger partial charge on any atom is 1.00 e. The fraction of sp³-hybridized carbons (Fsp3) is 0. The van der Waals surface area contributed by atoms with Crippen molar-refractivity contribution >= 4 is 0 Å². The summed E-state index contributed by atoms with van der Waals surface area (Å²) in [5, 5.41) is 14.8. The molecule has 4 nitrogen and oxygen atoms in total. The molecule has 0 saturated heterocycles. The van der Waals surface area contributed by atoms with Gasteiger partial charge in [-0.25, -0.2) is 0 Å². The van der Waals surface area contributed by atoms with Gasteiger partial charge in [-0.05, 0) is 0 Å². The van der Waals surface area contributed by atoms with E-state index in [0.717, 1.165) is 0 Å². The molecule has 0 atom stereocenters. The zero-order valence-electron chi connectivity index (χ0n) is 4.05. The van der Waals surface area contributed by atoms with Crippen molar-refractivity contribution in [1.82, 2.24) is 0 Å². The van der Waals surface area contributed by atoms with Crippen LogP contribution in [-0.2, 0) is 0 Å². The Labute approximate surface area is 136 Å². The largest absolute Gasteiger partial charge is 1.00 e. The Bertz CT molecular complexity index is 35.9. The van der Waals surface area contributed by atoms with Crippen LogP contribution in [0.4, 0.5) is 0 Å². The molecule has 0 N–H and O–H groups in total. The van der Waals surface area contributed by atoms with E-state index in [-0.39, 0.29) is 120 Å². The predicted octanol–water partition coefficient (Wildman–Crippen LogP) is -9.23. The van der Waals surface area contributed by atoms with Gasteiger partial charge in [0, 0.05) is 0 Å². The molecule has 7 heteroatoms. The maximum atomic E-state index is 8.25. The van der Waals surface area contributed by atoms with Gasteiger partial charge in [0.2, 0.25) is 0 Å². The Morgan fingerprint density at radius 2 is 1.14 bits per heavy atom. The van der Waals surface area contributed by atoms with Gasteiger partial charge in [0.05, 0.1) is 5.09 Å². The van der Waals surface area contributed by atoms with Crippen LogP contribution in [0.3, 0.4) is 0 Å². The third kappa shape index (κ3) is 49.6. The summed E-state index contributed by atoms with van der Waals surface area (Å²) in [6.45, 7) is 0. The van der Waals surface area contributed by atoms with Gasteiger partial charge in [0.1, 0.15) is 0 Å². The van der Waals surface area contributed by atoms with Gasteiger partial charge in [-0.1, -0.05) is 0 Å². The first-order chi connectivity index (χ1) is 1.73. The molecule has 0 heterocycles. The van der Waals surface area contributed by atoms with Crippen molar-refractivity contribution in [2.45, 2.75) is 0 Å². The number of hydrogen-bond acceptors (Lipinski definition) is 3. The predicted molar refractivity (Wildman–Crippen MR) is 10.4 cm³/mol. The van der Waals surface area contributed by atoms with Crippen LogP contribution in [0.1, 0.15) is 0 Å². The van der Waals surface area contributed by atoms with Crippen LogP contribution in [-0.4, -0.2) is 5.09 Å². The van der Waals surface area contributed by atoms with Crippen molar-refractivity contribution in [3.8, 4) is 0 Å². The van der Waals surface area contributed by atoms with Gasteiger partial charge in [-0.15, -0.1) is 0 Å². The van der Waals surface area contributed by atoms with Gasteiger partial charge in [0.15, 0.2) is 0 Å². The summed E-state index contributed by atoms with van der Waals surface area (Å²) in [4.78, 5) is 8.25. The van der Waals surface area contributed by atoms with E-state index in [2.05, 4.69) is 0 Å². The second-order valence-electron chi connectivity index (χ2n) is 0.224. The summed E-state index contributed by atoms with van der Waals surface area (Å²) in [7, 11) is 0. The van der Waals surface area contributed by atoms with Gasteiger partial charge in [0.25, 0.3) is 0 Å². The van der Waals surface area contributed by atoms with Crippen LogP contribution < -0.4 is 120 Å². The van der Waals surface area contributed by atoms with Crippen LogP contribution >= 0.6 is 0 Å². The number of rotatable bonds is 0. The number of halogens is 1. The summed E-state index contributed by atoms with van der Waals surface area (Å²) in [6, 6.07) is 0. The van der Waals surface area contributed by atoms with Crippen LogP contribution in [0.2, 0.25) is 0 Å². The Morgan fingerprint density at radius 3 is 1.14 bits per heavy atom. The average molecular weight is 220 g/mol. The second kappa shape index (κ2) is 16.0. The van der Waals surface area contributed by atoms with E-state index < -0.39 is 5.09 Å². The quantitative estimate of drug-likeness (QED) is 0.231. The Kier molecular flexibility index (Phi) is 51.4. The van der Waals surface area contributed by atoms with Crippen molar-refractivity contribution in [1.29, 1.82) is 0 Å². The van der Waals surface area contributed by atoms with Crippen molar-refractivity contribution in [3.05, 3.63) is 15.3 Å². The molecule has 0 aliphatic rings. The molecule has 0 aromatic rings. The van der Waals surface area contributed by atoms with Crippen molar-refractivity contribution in [2.24, 2.45) is 0 Å². The van der Waals surface area contributed by atoms with Crippen LogP contribution in [0.15, 0.2) is 0 Å². The molecule has 0 saturated carbocycles.